The molecule has 0 bridgehead atoms. The van der Waals surface area contributed by atoms with Crippen molar-refractivity contribution >= 4 is 11.6 Å². The Morgan fingerprint density at radius 1 is 1.36 bits per heavy atom. The van der Waals surface area contributed by atoms with Crippen molar-refractivity contribution in [3.8, 4) is 0 Å². The number of rotatable bonds is 3. The molecule has 78 valence electrons. The normalized spacial score (nSPS) is 12.9. The van der Waals surface area contributed by atoms with E-state index in [1.807, 2.05) is 0 Å². The Kier molecular flexibility index (Phi) is 3.84. The highest BCUT2D eigenvalue weighted by Gasteiger charge is 2.12. The van der Waals surface area contributed by atoms with Crippen LogP contribution in [0.2, 0.25) is 5.02 Å². The monoisotopic (exact) mass is 220 g/mol. The quantitative estimate of drug-likeness (QED) is 0.777. The summed E-state index contributed by atoms with van der Waals surface area (Å²) < 4.78 is 26.1. The molecule has 0 radical (unpaired) electrons. The lowest BCUT2D eigenvalue weighted by atomic mass is 10.1. The van der Waals surface area contributed by atoms with Crippen molar-refractivity contribution in [1.82, 2.24) is 0 Å². The van der Waals surface area contributed by atoms with Crippen molar-refractivity contribution in [3.05, 3.63) is 34.4 Å². The average molecular weight is 221 g/mol. The largest absolute Gasteiger partial charge is 0.393 e. The summed E-state index contributed by atoms with van der Waals surface area (Å²) in [6.45, 7) is 1.59. The second kappa shape index (κ2) is 4.71. The maximum absolute atomic E-state index is 13.1. The van der Waals surface area contributed by atoms with Gasteiger partial charge in [-0.1, -0.05) is 11.6 Å². The maximum Gasteiger partial charge on any atom is 0.142 e. The van der Waals surface area contributed by atoms with E-state index in [2.05, 4.69) is 0 Å². The van der Waals surface area contributed by atoms with Crippen LogP contribution in [0.15, 0.2) is 12.1 Å². The number of hydrogen-bond acceptors (Lipinski definition) is 1. The molecule has 4 heteroatoms. The molecule has 14 heavy (non-hydrogen) atoms. The molecule has 0 saturated carbocycles. The molecular formula is C10H11ClF2O. The fourth-order valence-electron chi connectivity index (χ4n) is 1.15. The first-order valence-electron chi connectivity index (χ1n) is 4.32. The molecule has 0 aromatic heterocycles. The zero-order chi connectivity index (χ0) is 10.7. The highest BCUT2D eigenvalue weighted by atomic mass is 35.5. The molecular weight excluding hydrogens is 210 g/mol. The summed E-state index contributed by atoms with van der Waals surface area (Å²) in [4.78, 5) is 0. The molecule has 1 atom stereocenters. The van der Waals surface area contributed by atoms with Crippen molar-refractivity contribution < 1.29 is 13.9 Å². The van der Waals surface area contributed by atoms with Gasteiger partial charge in [-0.2, -0.15) is 0 Å². The van der Waals surface area contributed by atoms with Crippen LogP contribution in [-0.4, -0.2) is 11.2 Å². The van der Waals surface area contributed by atoms with Crippen LogP contribution >= 0.6 is 11.6 Å². The number of hydrogen-bond donors (Lipinski definition) is 1. The van der Waals surface area contributed by atoms with E-state index in [0.29, 0.717) is 6.42 Å². The van der Waals surface area contributed by atoms with Crippen LogP contribution in [0.3, 0.4) is 0 Å². The summed E-state index contributed by atoms with van der Waals surface area (Å²) in [5.41, 5.74) is 0.132. The van der Waals surface area contributed by atoms with Gasteiger partial charge in [0.1, 0.15) is 11.6 Å². The van der Waals surface area contributed by atoms with Crippen molar-refractivity contribution in [2.45, 2.75) is 25.9 Å². The van der Waals surface area contributed by atoms with Crippen LogP contribution in [0.25, 0.3) is 0 Å². The minimum absolute atomic E-state index is 0.132. The Bertz CT molecular complexity index is 326. The van der Waals surface area contributed by atoms with Crippen LogP contribution in [-0.2, 0) is 6.42 Å². The maximum atomic E-state index is 13.1. The average Bonchev–Trinajstić information content (AvgIpc) is 2.11. The van der Waals surface area contributed by atoms with Crippen LogP contribution in [0.5, 0.6) is 0 Å². The summed E-state index contributed by atoms with van der Waals surface area (Å²) in [6.07, 6.45) is 0.0499. The second-order valence-electron chi connectivity index (χ2n) is 3.21. The summed E-state index contributed by atoms with van der Waals surface area (Å²) in [6, 6.07) is 2.03. The molecule has 0 fully saturated rings. The molecule has 1 N–H and O–H groups in total. The van der Waals surface area contributed by atoms with Crippen LogP contribution < -0.4 is 0 Å². The Morgan fingerprint density at radius 2 is 1.93 bits per heavy atom. The summed E-state index contributed by atoms with van der Waals surface area (Å²) in [5, 5.41) is 8.82. The zero-order valence-electron chi connectivity index (χ0n) is 7.73. The summed E-state index contributed by atoms with van der Waals surface area (Å²) in [7, 11) is 0. The topological polar surface area (TPSA) is 20.2 Å². The van der Waals surface area contributed by atoms with Crippen LogP contribution in [0, 0.1) is 11.6 Å². The lowest BCUT2D eigenvalue weighted by Crippen LogP contribution is -2.04. The summed E-state index contributed by atoms with van der Waals surface area (Å²) >= 11 is 5.59. The van der Waals surface area contributed by atoms with Crippen molar-refractivity contribution in [2.24, 2.45) is 0 Å². The Labute approximate surface area is 86.3 Å². The van der Waals surface area contributed by atoms with Gasteiger partial charge in [0.15, 0.2) is 0 Å². The van der Waals surface area contributed by atoms with E-state index in [4.69, 9.17) is 16.7 Å². The highest BCUT2D eigenvalue weighted by Crippen LogP contribution is 2.24. The molecule has 0 saturated heterocycles. The highest BCUT2D eigenvalue weighted by molar-refractivity contribution is 6.31. The van der Waals surface area contributed by atoms with E-state index in [0.717, 1.165) is 12.1 Å². The third-order valence-corrected chi connectivity index (χ3v) is 2.36. The number of aliphatic hydroxyl groups excluding tert-OH is 1. The van der Waals surface area contributed by atoms with Crippen molar-refractivity contribution in [2.75, 3.05) is 0 Å². The molecule has 0 aliphatic rings. The minimum atomic E-state index is -0.631. The fourth-order valence-corrected chi connectivity index (χ4v) is 1.40. The zero-order valence-corrected chi connectivity index (χ0v) is 8.48. The Hall–Kier alpha value is -0.670. The first-order valence-corrected chi connectivity index (χ1v) is 4.70. The molecule has 1 aromatic rings. The van der Waals surface area contributed by atoms with Gasteiger partial charge in [-0.25, -0.2) is 8.78 Å². The summed E-state index contributed by atoms with van der Waals surface area (Å²) in [5.74, 6) is -1.16. The SMILES string of the molecule is C[C@@H](O)CCc1c(F)ccc(F)c1Cl. The van der Waals surface area contributed by atoms with Gasteiger partial charge in [-0.3, -0.25) is 0 Å². The number of benzene rings is 1. The van der Waals surface area contributed by atoms with Gasteiger partial charge < -0.3 is 5.11 Å². The van der Waals surface area contributed by atoms with Crippen molar-refractivity contribution in [1.29, 1.82) is 0 Å². The van der Waals surface area contributed by atoms with Crippen LogP contribution in [0.1, 0.15) is 18.9 Å². The van der Waals surface area contributed by atoms with E-state index in [9.17, 15) is 8.78 Å². The molecule has 0 aliphatic heterocycles. The van der Waals surface area contributed by atoms with Gasteiger partial charge in [-0.05, 0) is 31.9 Å². The van der Waals surface area contributed by atoms with Gasteiger partial charge in [0.05, 0.1) is 11.1 Å². The smallest absolute Gasteiger partial charge is 0.142 e. The van der Waals surface area contributed by atoms with E-state index >= 15 is 0 Å². The van der Waals surface area contributed by atoms with Crippen molar-refractivity contribution in [3.63, 3.8) is 0 Å². The van der Waals surface area contributed by atoms with E-state index in [1.54, 1.807) is 6.92 Å². The molecule has 0 aliphatic carbocycles. The standard InChI is InChI=1S/C10H11ClF2O/c1-6(14)2-3-7-8(12)4-5-9(13)10(7)11/h4-6,14H,2-3H2,1H3/t6-/m1/s1. The lowest BCUT2D eigenvalue weighted by Gasteiger charge is -2.07. The van der Waals surface area contributed by atoms with E-state index < -0.39 is 17.7 Å². The van der Waals surface area contributed by atoms with Gasteiger partial charge >= 0.3 is 0 Å². The van der Waals surface area contributed by atoms with E-state index in [1.165, 1.54) is 0 Å². The fraction of sp³-hybridized carbons (Fsp3) is 0.400. The minimum Gasteiger partial charge on any atom is -0.393 e. The van der Waals surface area contributed by atoms with Gasteiger partial charge in [0, 0.05) is 5.56 Å². The molecule has 1 aromatic carbocycles. The van der Waals surface area contributed by atoms with Gasteiger partial charge in [-0.15, -0.1) is 0 Å². The third kappa shape index (κ3) is 2.66. The first-order chi connectivity index (χ1) is 6.52. The van der Waals surface area contributed by atoms with Gasteiger partial charge in [0.25, 0.3) is 0 Å². The Morgan fingerprint density at radius 3 is 2.50 bits per heavy atom. The molecule has 0 heterocycles. The molecule has 0 unspecified atom stereocenters. The predicted octanol–water partition coefficient (Wildman–Crippen LogP) is 2.93. The third-order valence-electron chi connectivity index (χ3n) is 1.95. The molecule has 1 rings (SSSR count). The molecule has 0 spiro atoms. The molecule has 1 nitrogen and oxygen atoms in total. The predicted molar refractivity (Wildman–Crippen MR) is 51.4 cm³/mol. The van der Waals surface area contributed by atoms with Crippen LogP contribution in [0.4, 0.5) is 8.78 Å². The first kappa shape index (κ1) is 11.4. The van der Waals surface area contributed by atoms with E-state index in [-0.39, 0.29) is 17.0 Å². The second-order valence-corrected chi connectivity index (χ2v) is 3.59. The number of halogens is 3. The lowest BCUT2D eigenvalue weighted by molar-refractivity contribution is 0.184. The Balaban J connectivity index is 2.89. The molecule has 0 amide bonds. The van der Waals surface area contributed by atoms with Gasteiger partial charge in [0.2, 0.25) is 0 Å². The number of aliphatic hydroxyl groups is 1.